The molecule has 11 heavy (non-hydrogen) atoms. The Morgan fingerprint density at radius 3 is 3.18 bits per heavy atom. The molecular weight excluding hydrogens is 156 g/mol. The third-order valence-corrected chi connectivity index (χ3v) is 2.69. The molecule has 1 aromatic carbocycles. The summed E-state index contributed by atoms with van der Waals surface area (Å²) in [6.45, 7) is 0.849. The minimum atomic E-state index is 0.849. The van der Waals surface area contributed by atoms with Gasteiger partial charge >= 0.3 is 0 Å². The third-order valence-electron chi connectivity index (χ3n) is 1.72. The van der Waals surface area contributed by atoms with Crippen LogP contribution in [-0.2, 0) is 5.75 Å². The molecule has 0 fully saturated rings. The maximum absolute atomic E-state index is 5.53. The second-order valence-corrected chi connectivity index (χ2v) is 3.61. The summed E-state index contributed by atoms with van der Waals surface area (Å²) >= 11 is 1.93. The van der Waals surface area contributed by atoms with E-state index in [0.717, 1.165) is 23.9 Å². The smallest absolute Gasteiger partial charge is 0.123 e. The quantitative estimate of drug-likeness (QED) is 0.585. The van der Waals surface area contributed by atoms with E-state index in [1.165, 1.54) is 5.56 Å². The second-order valence-electron chi connectivity index (χ2n) is 2.51. The molecule has 0 spiro atoms. The van der Waals surface area contributed by atoms with Gasteiger partial charge in [-0.15, -0.1) is 0 Å². The second kappa shape index (κ2) is 3.18. The standard InChI is InChI=1S/C9H10OS/c1-2-4-9-8(3-1)7-11-6-5-10-9/h1-4H,5-7H2. The van der Waals surface area contributed by atoms with Crippen LogP contribution in [0.4, 0.5) is 0 Å². The van der Waals surface area contributed by atoms with Gasteiger partial charge in [0.1, 0.15) is 5.75 Å². The van der Waals surface area contributed by atoms with Crippen molar-refractivity contribution in [1.29, 1.82) is 0 Å². The molecule has 2 rings (SSSR count). The Morgan fingerprint density at radius 2 is 2.18 bits per heavy atom. The van der Waals surface area contributed by atoms with Crippen molar-refractivity contribution in [3.8, 4) is 5.75 Å². The zero-order valence-corrected chi connectivity index (χ0v) is 7.06. The number of ether oxygens (including phenoxy) is 1. The summed E-state index contributed by atoms with van der Waals surface area (Å²) in [6.07, 6.45) is 0. The lowest BCUT2D eigenvalue weighted by Gasteiger charge is -2.03. The first kappa shape index (κ1) is 7.04. The van der Waals surface area contributed by atoms with Gasteiger partial charge in [-0.1, -0.05) is 18.2 Å². The Kier molecular flexibility index (Phi) is 2.04. The van der Waals surface area contributed by atoms with Gasteiger partial charge in [-0.05, 0) is 6.07 Å². The highest BCUT2D eigenvalue weighted by atomic mass is 32.2. The van der Waals surface area contributed by atoms with Gasteiger partial charge in [0.25, 0.3) is 0 Å². The van der Waals surface area contributed by atoms with E-state index in [1.807, 2.05) is 23.9 Å². The van der Waals surface area contributed by atoms with Crippen molar-refractivity contribution < 1.29 is 4.74 Å². The summed E-state index contributed by atoms with van der Waals surface area (Å²) in [5, 5.41) is 0. The lowest BCUT2D eigenvalue weighted by Crippen LogP contribution is -1.97. The molecule has 1 nitrogen and oxygen atoms in total. The summed E-state index contributed by atoms with van der Waals surface area (Å²) in [6, 6.07) is 8.26. The molecule has 1 aliphatic rings. The van der Waals surface area contributed by atoms with Crippen LogP contribution in [0, 0.1) is 0 Å². The average molecular weight is 166 g/mol. The van der Waals surface area contributed by atoms with Crippen LogP contribution in [0.25, 0.3) is 0 Å². The minimum absolute atomic E-state index is 0.849. The topological polar surface area (TPSA) is 9.23 Å². The van der Waals surface area contributed by atoms with Crippen molar-refractivity contribution in [3.05, 3.63) is 29.8 Å². The van der Waals surface area contributed by atoms with E-state index in [1.54, 1.807) is 0 Å². The fourth-order valence-electron chi connectivity index (χ4n) is 1.16. The zero-order chi connectivity index (χ0) is 7.52. The van der Waals surface area contributed by atoms with Gasteiger partial charge < -0.3 is 4.74 Å². The zero-order valence-electron chi connectivity index (χ0n) is 6.25. The summed E-state index contributed by atoms with van der Waals surface area (Å²) in [5.41, 5.74) is 1.33. The highest BCUT2D eigenvalue weighted by Gasteiger charge is 2.06. The van der Waals surface area contributed by atoms with Gasteiger partial charge in [0.2, 0.25) is 0 Å². The number of hydrogen-bond acceptors (Lipinski definition) is 2. The predicted molar refractivity (Wildman–Crippen MR) is 48.1 cm³/mol. The molecule has 1 aliphatic heterocycles. The Balaban J connectivity index is 2.33. The van der Waals surface area contributed by atoms with E-state index in [9.17, 15) is 0 Å². The van der Waals surface area contributed by atoms with Crippen LogP contribution < -0.4 is 4.74 Å². The molecule has 0 unspecified atom stereocenters. The summed E-state index contributed by atoms with van der Waals surface area (Å²) < 4.78 is 5.53. The molecule has 0 saturated carbocycles. The molecule has 0 aromatic heterocycles. The lowest BCUT2D eigenvalue weighted by molar-refractivity contribution is 0.343. The van der Waals surface area contributed by atoms with Crippen molar-refractivity contribution in [2.24, 2.45) is 0 Å². The van der Waals surface area contributed by atoms with E-state index in [2.05, 4.69) is 12.1 Å². The third kappa shape index (κ3) is 1.51. The summed E-state index contributed by atoms with van der Waals surface area (Å²) in [4.78, 5) is 0. The number of rotatable bonds is 0. The van der Waals surface area contributed by atoms with Crippen LogP contribution >= 0.6 is 11.8 Å². The average Bonchev–Trinajstić information content (AvgIpc) is 2.28. The van der Waals surface area contributed by atoms with Gasteiger partial charge in [-0.25, -0.2) is 0 Å². The van der Waals surface area contributed by atoms with Crippen LogP contribution in [0.3, 0.4) is 0 Å². The molecule has 58 valence electrons. The number of para-hydroxylation sites is 1. The Bertz CT molecular complexity index is 222. The molecule has 1 heterocycles. The van der Waals surface area contributed by atoms with E-state index >= 15 is 0 Å². The first-order valence-corrected chi connectivity index (χ1v) is 4.91. The molecule has 1 aromatic rings. The first-order chi connectivity index (χ1) is 5.47. The van der Waals surface area contributed by atoms with E-state index < -0.39 is 0 Å². The van der Waals surface area contributed by atoms with Gasteiger partial charge in [0.15, 0.2) is 0 Å². The number of thioether (sulfide) groups is 1. The Labute approximate surface area is 70.8 Å². The van der Waals surface area contributed by atoms with Gasteiger partial charge in [-0.3, -0.25) is 0 Å². The number of benzene rings is 1. The minimum Gasteiger partial charge on any atom is -0.492 e. The highest BCUT2D eigenvalue weighted by molar-refractivity contribution is 7.98. The fraction of sp³-hybridized carbons (Fsp3) is 0.333. The maximum atomic E-state index is 5.53. The van der Waals surface area contributed by atoms with Gasteiger partial charge in [-0.2, -0.15) is 11.8 Å². The molecule has 0 atom stereocenters. The van der Waals surface area contributed by atoms with Crippen molar-refractivity contribution in [2.45, 2.75) is 5.75 Å². The van der Waals surface area contributed by atoms with Crippen molar-refractivity contribution in [3.63, 3.8) is 0 Å². The fourth-order valence-corrected chi connectivity index (χ4v) is 1.96. The highest BCUT2D eigenvalue weighted by Crippen LogP contribution is 2.25. The molecule has 2 heteroatoms. The first-order valence-electron chi connectivity index (χ1n) is 3.75. The number of fused-ring (bicyclic) bond motifs is 1. The van der Waals surface area contributed by atoms with E-state index in [0.29, 0.717) is 0 Å². The van der Waals surface area contributed by atoms with Crippen molar-refractivity contribution in [1.82, 2.24) is 0 Å². The maximum Gasteiger partial charge on any atom is 0.123 e. The lowest BCUT2D eigenvalue weighted by atomic mass is 10.2. The molecule has 0 bridgehead atoms. The molecule has 0 radical (unpaired) electrons. The van der Waals surface area contributed by atoms with Crippen molar-refractivity contribution in [2.75, 3.05) is 12.4 Å². The monoisotopic (exact) mass is 166 g/mol. The predicted octanol–water partition coefficient (Wildman–Crippen LogP) is 2.31. The Morgan fingerprint density at radius 1 is 1.27 bits per heavy atom. The van der Waals surface area contributed by atoms with Crippen LogP contribution in [-0.4, -0.2) is 12.4 Å². The van der Waals surface area contributed by atoms with Crippen LogP contribution in [0.2, 0.25) is 0 Å². The molecule has 0 amide bonds. The molecule has 0 N–H and O–H groups in total. The Hall–Kier alpha value is -0.630. The van der Waals surface area contributed by atoms with Gasteiger partial charge in [0, 0.05) is 17.1 Å². The summed E-state index contributed by atoms with van der Waals surface area (Å²) in [5.74, 6) is 3.27. The molecule has 0 saturated heterocycles. The summed E-state index contributed by atoms with van der Waals surface area (Å²) in [7, 11) is 0. The largest absolute Gasteiger partial charge is 0.492 e. The van der Waals surface area contributed by atoms with Crippen molar-refractivity contribution >= 4 is 11.8 Å². The van der Waals surface area contributed by atoms with Gasteiger partial charge in [0.05, 0.1) is 6.61 Å². The van der Waals surface area contributed by atoms with Crippen LogP contribution in [0.15, 0.2) is 24.3 Å². The molecule has 0 aliphatic carbocycles. The van der Waals surface area contributed by atoms with E-state index in [4.69, 9.17) is 4.74 Å². The van der Waals surface area contributed by atoms with Crippen LogP contribution in [0.5, 0.6) is 5.75 Å². The SMILES string of the molecule is c1ccc2c(c1)CSCCO2. The normalized spacial score (nSPS) is 16.4. The van der Waals surface area contributed by atoms with Crippen LogP contribution in [0.1, 0.15) is 5.56 Å². The van der Waals surface area contributed by atoms with E-state index in [-0.39, 0.29) is 0 Å². The number of hydrogen-bond donors (Lipinski definition) is 0. The molecular formula is C9H10OS.